The zero-order valence-electron chi connectivity index (χ0n) is 11.4. The molecule has 3 aromatic rings. The Labute approximate surface area is 118 Å². The smallest absolute Gasteiger partial charge is 0.322 e. The summed E-state index contributed by atoms with van der Waals surface area (Å²) in [4.78, 5) is 12.2. The number of hydrogen-bond donors (Lipinski definition) is 1. The lowest BCUT2D eigenvalue weighted by Crippen LogP contribution is -2.17. The summed E-state index contributed by atoms with van der Waals surface area (Å²) in [5.74, 6) is 0.102. The van der Waals surface area contributed by atoms with E-state index in [0.717, 1.165) is 5.69 Å². The van der Waals surface area contributed by atoms with Crippen molar-refractivity contribution in [2.45, 2.75) is 20.4 Å². The molecule has 1 amide bonds. The third-order valence-electron chi connectivity index (χ3n) is 2.73. The molecule has 0 aliphatic carbocycles. The van der Waals surface area contributed by atoms with E-state index in [1.165, 1.54) is 6.20 Å². The predicted octanol–water partition coefficient (Wildman–Crippen LogP) is 1.50. The van der Waals surface area contributed by atoms with Gasteiger partial charge in [0.25, 0.3) is 11.8 Å². The maximum absolute atomic E-state index is 12.2. The number of carbonyl (C=O) groups is 1. The van der Waals surface area contributed by atoms with Crippen LogP contribution in [0.15, 0.2) is 27.3 Å². The monoisotopic (exact) mass is 288 g/mol. The van der Waals surface area contributed by atoms with E-state index in [4.69, 9.17) is 8.94 Å². The van der Waals surface area contributed by atoms with Crippen LogP contribution in [0, 0.1) is 6.92 Å². The van der Waals surface area contributed by atoms with Crippen molar-refractivity contribution in [3.8, 4) is 11.7 Å². The first-order valence-corrected chi connectivity index (χ1v) is 6.27. The third kappa shape index (κ3) is 2.53. The molecule has 3 aromatic heterocycles. The van der Waals surface area contributed by atoms with Gasteiger partial charge in [-0.15, -0.1) is 5.10 Å². The molecule has 0 aliphatic rings. The fourth-order valence-electron chi connectivity index (χ4n) is 1.83. The summed E-state index contributed by atoms with van der Waals surface area (Å²) >= 11 is 0. The van der Waals surface area contributed by atoms with Gasteiger partial charge in [0.05, 0.1) is 11.9 Å². The quantitative estimate of drug-likeness (QED) is 0.774. The molecule has 9 nitrogen and oxygen atoms in total. The normalized spacial score (nSPS) is 10.8. The van der Waals surface area contributed by atoms with Gasteiger partial charge >= 0.3 is 6.01 Å². The first-order valence-electron chi connectivity index (χ1n) is 6.27. The number of aryl methyl sites for hydroxylation is 2. The van der Waals surface area contributed by atoms with Crippen molar-refractivity contribution >= 4 is 11.9 Å². The van der Waals surface area contributed by atoms with E-state index in [1.807, 2.05) is 13.8 Å². The second kappa shape index (κ2) is 5.19. The second-order valence-electron chi connectivity index (χ2n) is 4.23. The summed E-state index contributed by atoms with van der Waals surface area (Å²) in [6.07, 6.45) is 1.46. The van der Waals surface area contributed by atoms with Crippen LogP contribution in [0.4, 0.5) is 6.01 Å². The zero-order chi connectivity index (χ0) is 14.8. The van der Waals surface area contributed by atoms with Gasteiger partial charge in [-0.05, 0) is 19.9 Å². The molecule has 0 bridgehead atoms. The molecule has 0 saturated heterocycles. The topological polar surface area (TPSA) is 112 Å². The van der Waals surface area contributed by atoms with E-state index in [9.17, 15) is 4.79 Å². The van der Waals surface area contributed by atoms with Gasteiger partial charge in [-0.25, -0.2) is 0 Å². The van der Waals surface area contributed by atoms with Crippen molar-refractivity contribution in [3.63, 3.8) is 0 Å². The summed E-state index contributed by atoms with van der Waals surface area (Å²) < 4.78 is 11.8. The van der Waals surface area contributed by atoms with Crippen LogP contribution in [0.1, 0.15) is 23.1 Å². The first kappa shape index (κ1) is 13.0. The van der Waals surface area contributed by atoms with Crippen LogP contribution in [0.25, 0.3) is 11.7 Å². The Balaban J connectivity index is 1.79. The fraction of sp³-hybridized carbons (Fsp3) is 0.250. The lowest BCUT2D eigenvalue weighted by atomic mass is 10.3. The summed E-state index contributed by atoms with van der Waals surface area (Å²) in [6.45, 7) is 4.30. The molecule has 0 saturated carbocycles. The lowest BCUT2D eigenvalue weighted by Gasteiger charge is -2.02. The fourth-order valence-corrected chi connectivity index (χ4v) is 1.83. The maximum atomic E-state index is 12.2. The number of amides is 1. The predicted molar refractivity (Wildman–Crippen MR) is 70.4 cm³/mol. The van der Waals surface area contributed by atoms with Crippen LogP contribution in [0.2, 0.25) is 0 Å². The van der Waals surface area contributed by atoms with E-state index in [-0.39, 0.29) is 17.8 Å². The van der Waals surface area contributed by atoms with Crippen molar-refractivity contribution in [1.29, 1.82) is 0 Å². The van der Waals surface area contributed by atoms with E-state index < -0.39 is 0 Å². The number of rotatable bonds is 4. The Bertz CT molecular complexity index is 758. The van der Waals surface area contributed by atoms with Crippen molar-refractivity contribution in [2.75, 3.05) is 5.32 Å². The summed E-state index contributed by atoms with van der Waals surface area (Å²) in [5.41, 5.74) is 1.18. The molecule has 3 heterocycles. The van der Waals surface area contributed by atoms with Gasteiger partial charge in [0.2, 0.25) is 5.76 Å². The van der Waals surface area contributed by atoms with Crippen molar-refractivity contribution < 1.29 is 13.7 Å². The molecule has 0 radical (unpaired) electrons. The highest BCUT2D eigenvalue weighted by Crippen LogP contribution is 2.19. The van der Waals surface area contributed by atoms with Crippen molar-refractivity contribution in [2.24, 2.45) is 0 Å². The highest BCUT2D eigenvalue weighted by molar-refractivity contribution is 6.01. The summed E-state index contributed by atoms with van der Waals surface area (Å²) in [5, 5.41) is 17.8. The van der Waals surface area contributed by atoms with Gasteiger partial charge < -0.3 is 8.94 Å². The highest BCUT2D eigenvalue weighted by Gasteiger charge is 2.17. The van der Waals surface area contributed by atoms with Crippen LogP contribution in [-0.2, 0) is 6.54 Å². The highest BCUT2D eigenvalue weighted by atomic mass is 16.5. The molecule has 0 fully saturated rings. The van der Waals surface area contributed by atoms with Crippen LogP contribution in [0.3, 0.4) is 0 Å². The van der Waals surface area contributed by atoms with Crippen LogP contribution in [0.5, 0.6) is 0 Å². The van der Waals surface area contributed by atoms with Gasteiger partial charge in [0.15, 0.2) is 0 Å². The number of nitrogens with one attached hydrogen (secondary N) is 1. The second-order valence-corrected chi connectivity index (χ2v) is 4.23. The summed E-state index contributed by atoms with van der Waals surface area (Å²) in [7, 11) is 0. The van der Waals surface area contributed by atoms with Crippen LogP contribution >= 0.6 is 0 Å². The standard InChI is InChI=1S/C12H12N6O3/c1-3-18-8(6-7(2)17-18)10(19)14-12-16-15-11(20-12)9-4-5-13-21-9/h4-6H,3H2,1-2H3,(H,14,16,19). The molecule has 0 aromatic carbocycles. The number of nitrogens with zero attached hydrogens (tertiary/aromatic N) is 5. The molecule has 0 atom stereocenters. The average molecular weight is 288 g/mol. The molecular weight excluding hydrogens is 276 g/mol. The zero-order valence-corrected chi connectivity index (χ0v) is 11.4. The van der Waals surface area contributed by atoms with E-state index in [0.29, 0.717) is 18.0 Å². The molecule has 0 spiro atoms. The number of aromatic nitrogens is 5. The minimum absolute atomic E-state index is 0.0205. The van der Waals surface area contributed by atoms with Crippen molar-refractivity contribution in [1.82, 2.24) is 25.1 Å². The number of anilines is 1. The first-order chi connectivity index (χ1) is 10.2. The Kier molecular flexibility index (Phi) is 3.22. The Hall–Kier alpha value is -2.97. The van der Waals surface area contributed by atoms with Gasteiger partial charge in [0.1, 0.15) is 5.69 Å². The SMILES string of the molecule is CCn1nc(C)cc1C(=O)Nc1nnc(-c2ccno2)o1. The van der Waals surface area contributed by atoms with Gasteiger partial charge in [-0.1, -0.05) is 10.3 Å². The molecule has 21 heavy (non-hydrogen) atoms. The van der Waals surface area contributed by atoms with Gasteiger partial charge in [0, 0.05) is 12.6 Å². The maximum Gasteiger partial charge on any atom is 0.322 e. The van der Waals surface area contributed by atoms with Crippen LogP contribution in [-0.4, -0.2) is 31.0 Å². The number of hydrogen-bond acceptors (Lipinski definition) is 7. The third-order valence-corrected chi connectivity index (χ3v) is 2.73. The molecule has 3 rings (SSSR count). The van der Waals surface area contributed by atoms with E-state index in [2.05, 4.69) is 25.8 Å². The van der Waals surface area contributed by atoms with E-state index in [1.54, 1.807) is 16.8 Å². The molecule has 0 aliphatic heterocycles. The Morgan fingerprint density at radius 3 is 3.00 bits per heavy atom. The van der Waals surface area contributed by atoms with Gasteiger partial charge in [-0.3, -0.25) is 14.8 Å². The largest absolute Gasteiger partial charge is 0.400 e. The summed E-state index contributed by atoms with van der Waals surface area (Å²) in [6, 6.07) is 3.24. The lowest BCUT2D eigenvalue weighted by molar-refractivity contribution is 0.101. The van der Waals surface area contributed by atoms with Crippen molar-refractivity contribution in [3.05, 3.63) is 29.7 Å². The van der Waals surface area contributed by atoms with E-state index >= 15 is 0 Å². The minimum atomic E-state index is -0.370. The van der Waals surface area contributed by atoms with Gasteiger partial charge in [-0.2, -0.15) is 5.10 Å². The molecule has 1 N–H and O–H groups in total. The average Bonchev–Trinajstić information content (AvgIpc) is 3.16. The molecule has 9 heteroatoms. The molecule has 108 valence electrons. The Morgan fingerprint density at radius 2 is 2.29 bits per heavy atom. The van der Waals surface area contributed by atoms with Crippen LogP contribution < -0.4 is 5.32 Å². The minimum Gasteiger partial charge on any atom is -0.400 e. The molecule has 0 unspecified atom stereocenters. The Morgan fingerprint density at radius 1 is 1.43 bits per heavy atom. The number of carbonyl (C=O) groups excluding carboxylic acids is 1. The molecular formula is C12H12N6O3.